The van der Waals surface area contributed by atoms with Crippen molar-refractivity contribution < 1.29 is 4.42 Å². The molecule has 0 saturated heterocycles. The summed E-state index contributed by atoms with van der Waals surface area (Å²) in [6.07, 6.45) is 3.05. The Balaban J connectivity index is 2.07. The van der Waals surface area contributed by atoms with Crippen molar-refractivity contribution in [2.24, 2.45) is 0 Å². The van der Waals surface area contributed by atoms with Gasteiger partial charge >= 0.3 is 0 Å². The molecule has 0 saturated carbocycles. The van der Waals surface area contributed by atoms with Gasteiger partial charge in [-0.05, 0) is 18.2 Å². The van der Waals surface area contributed by atoms with Crippen LogP contribution in [-0.4, -0.2) is 15.0 Å². The highest BCUT2D eigenvalue weighted by Gasteiger charge is 2.14. The number of pyridine rings is 1. The monoisotopic (exact) mass is 288 g/mol. The summed E-state index contributed by atoms with van der Waals surface area (Å²) < 4.78 is 5.53. The largest absolute Gasteiger partial charge is 0.464 e. The lowest BCUT2D eigenvalue weighted by Crippen LogP contribution is -1.98. The first-order valence-electron chi connectivity index (χ1n) is 6.83. The summed E-state index contributed by atoms with van der Waals surface area (Å²) in [5.74, 6) is 1.11. The molecule has 0 fully saturated rings. The normalized spacial score (nSPS) is 10.9. The summed E-state index contributed by atoms with van der Waals surface area (Å²) in [4.78, 5) is 12.9. The Hall–Kier alpha value is -3.21. The molecular formula is C17H12N4O. The van der Waals surface area contributed by atoms with Crippen molar-refractivity contribution in [3.8, 4) is 22.6 Å². The fraction of sp³-hybridized carbons (Fsp3) is 0. The van der Waals surface area contributed by atoms with Crippen LogP contribution in [0.15, 0.2) is 65.5 Å². The second-order valence-electron chi connectivity index (χ2n) is 4.86. The maximum atomic E-state index is 6.02. The Labute approximate surface area is 126 Å². The van der Waals surface area contributed by atoms with E-state index in [1.165, 1.54) is 6.33 Å². The molecule has 0 aliphatic rings. The molecule has 4 rings (SSSR count). The van der Waals surface area contributed by atoms with Gasteiger partial charge in [-0.2, -0.15) is 0 Å². The third kappa shape index (κ3) is 2.00. The van der Waals surface area contributed by atoms with Crippen molar-refractivity contribution in [2.45, 2.75) is 0 Å². The molecule has 0 bridgehead atoms. The fourth-order valence-corrected chi connectivity index (χ4v) is 2.47. The molecule has 2 N–H and O–H groups in total. The number of rotatable bonds is 2. The van der Waals surface area contributed by atoms with E-state index in [4.69, 9.17) is 10.2 Å². The lowest BCUT2D eigenvalue weighted by atomic mass is 10.0. The average Bonchev–Trinajstić information content (AvgIpc) is 3.09. The van der Waals surface area contributed by atoms with Gasteiger partial charge in [0.1, 0.15) is 17.9 Å². The van der Waals surface area contributed by atoms with E-state index in [2.05, 4.69) is 15.0 Å². The Morgan fingerprint density at radius 1 is 0.955 bits per heavy atom. The standard InChI is InChI=1S/C17H12N4O/c18-16-15-12(14-7-4-8-22-14)9-13(11-5-2-1-3-6-11)21-17(15)20-10-19-16/h1-10H,(H2,18,19,20,21). The van der Waals surface area contributed by atoms with Gasteiger partial charge in [-0.15, -0.1) is 0 Å². The third-order valence-corrected chi connectivity index (χ3v) is 3.49. The molecule has 0 aliphatic carbocycles. The number of anilines is 1. The van der Waals surface area contributed by atoms with Gasteiger partial charge in [0.05, 0.1) is 17.3 Å². The van der Waals surface area contributed by atoms with Crippen molar-refractivity contribution in [1.29, 1.82) is 0 Å². The molecule has 3 heterocycles. The first-order chi connectivity index (χ1) is 10.8. The van der Waals surface area contributed by atoms with Crippen LogP contribution in [0.3, 0.4) is 0 Å². The second kappa shape index (κ2) is 4.96. The van der Waals surface area contributed by atoms with E-state index in [9.17, 15) is 0 Å². The maximum absolute atomic E-state index is 6.02. The van der Waals surface area contributed by atoms with Crippen molar-refractivity contribution in [1.82, 2.24) is 15.0 Å². The Morgan fingerprint density at radius 2 is 1.82 bits per heavy atom. The van der Waals surface area contributed by atoms with E-state index < -0.39 is 0 Å². The molecule has 0 spiro atoms. The molecule has 106 valence electrons. The lowest BCUT2D eigenvalue weighted by molar-refractivity contribution is 0.583. The zero-order valence-electron chi connectivity index (χ0n) is 11.6. The first-order valence-corrected chi connectivity index (χ1v) is 6.83. The van der Waals surface area contributed by atoms with E-state index in [0.29, 0.717) is 22.6 Å². The molecule has 5 nitrogen and oxygen atoms in total. The summed E-state index contributed by atoms with van der Waals surface area (Å²) in [5.41, 5.74) is 9.24. The fourth-order valence-electron chi connectivity index (χ4n) is 2.47. The molecule has 0 radical (unpaired) electrons. The van der Waals surface area contributed by atoms with Gasteiger partial charge in [0.2, 0.25) is 0 Å². The van der Waals surface area contributed by atoms with Crippen LogP contribution in [0, 0.1) is 0 Å². The van der Waals surface area contributed by atoms with Gasteiger partial charge in [0.15, 0.2) is 5.65 Å². The minimum atomic E-state index is 0.392. The van der Waals surface area contributed by atoms with Gasteiger partial charge in [-0.1, -0.05) is 30.3 Å². The number of aromatic nitrogens is 3. The first kappa shape index (κ1) is 12.5. The third-order valence-electron chi connectivity index (χ3n) is 3.49. The predicted octanol–water partition coefficient (Wildman–Crippen LogP) is 3.53. The minimum Gasteiger partial charge on any atom is -0.464 e. The molecule has 1 aromatic carbocycles. The summed E-state index contributed by atoms with van der Waals surface area (Å²) in [7, 11) is 0. The summed E-state index contributed by atoms with van der Waals surface area (Å²) in [6.45, 7) is 0. The number of hydrogen-bond donors (Lipinski definition) is 1. The highest BCUT2D eigenvalue weighted by Crippen LogP contribution is 2.33. The van der Waals surface area contributed by atoms with Gasteiger partial charge in [0, 0.05) is 11.1 Å². The maximum Gasteiger partial charge on any atom is 0.165 e. The molecule has 0 aliphatic heterocycles. The number of fused-ring (bicyclic) bond motifs is 1. The highest BCUT2D eigenvalue weighted by molar-refractivity contribution is 5.99. The summed E-state index contributed by atoms with van der Waals surface area (Å²) in [6, 6.07) is 15.6. The Bertz CT molecular complexity index is 934. The smallest absolute Gasteiger partial charge is 0.165 e. The second-order valence-corrected chi connectivity index (χ2v) is 4.86. The summed E-state index contributed by atoms with van der Waals surface area (Å²) >= 11 is 0. The quantitative estimate of drug-likeness (QED) is 0.610. The van der Waals surface area contributed by atoms with Gasteiger partial charge in [-0.25, -0.2) is 15.0 Å². The van der Waals surface area contributed by atoms with Crippen molar-refractivity contribution in [3.05, 3.63) is 61.1 Å². The van der Waals surface area contributed by atoms with Crippen LogP contribution in [-0.2, 0) is 0 Å². The number of nitrogen functional groups attached to an aromatic ring is 1. The molecule has 0 atom stereocenters. The Kier molecular flexibility index (Phi) is 2.83. The molecule has 3 aromatic heterocycles. The highest BCUT2D eigenvalue weighted by atomic mass is 16.3. The Morgan fingerprint density at radius 3 is 2.59 bits per heavy atom. The van der Waals surface area contributed by atoms with E-state index >= 15 is 0 Å². The molecule has 0 unspecified atom stereocenters. The van der Waals surface area contributed by atoms with Crippen LogP contribution in [0.5, 0.6) is 0 Å². The van der Waals surface area contributed by atoms with Gasteiger partial charge < -0.3 is 10.2 Å². The zero-order chi connectivity index (χ0) is 14.9. The molecule has 5 heteroatoms. The van der Waals surface area contributed by atoms with Crippen LogP contribution in [0.2, 0.25) is 0 Å². The number of hydrogen-bond acceptors (Lipinski definition) is 5. The minimum absolute atomic E-state index is 0.392. The van der Waals surface area contributed by atoms with Crippen LogP contribution in [0.25, 0.3) is 33.6 Å². The predicted molar refractivity (Wildman–Crippen MR) is 84.9 cm³/mol. The van der Waals surface area contributed by atoms with Crippen LogP contribution in [0.4, 0.5) is 5.82 Å². The van der Waals surface area contributed by atoms with E-state index in [1.807, 2.05) is 48.5 Å². The summed E-state index contributed by atoms with van der Waals surface area (Å²) in [5, 5.41) is 0.706. The van der Waals surface area contributed by atoms with E-state index in [-0.39, 0.29) is 0 Å². The van der Waals surface area contributed by atoms with Crippen LogP contribution < -0.4 is 5.73 Å². The van der Waals surface area contributed by atoms with Crippen LogP contribution >= 0.6 is 0 Å². The molecule has 22 heavy (non-hydrogen) atoms. The van der Waals surface area contributed by atoms with Crippen LogP contribution in [0.1, 0.15) is 0 Å². The zero-order valence-corrected chi connectivity index (χ0v) is 11.6. The molecule has 0 amide bonds. The number of furan rings is 1. The van der Waals surface area contributed by atoms with E-state index in [0.717, 1.165) is 16.8 Å². The number of nitrogens with zero attached hydrogens (tertiary/aromatic N) is 3. The topological polar surface area (TPSA) is 77.8 Å². The lowest BCUT2D eigenvalue weighted by Gasteiger charge is -2.09. The van der Waals surface area contributed by atoms with Gasteiger partial charge in [0.25, 0.3) is 0 Å². The SMILES string of the molecule is Nc1ncnc2nc(-c3ccccc3)cc(-c3ccco3)c12. The average molecular weight is 288 g/mol. The van der Waals surface area contributed by atoms with E-state index in [1.54, 1.807) is 6.26 Å². The van der Waals surface area contributed by atoms with Crippen molar-refractivity contribution >= 4 is 16.9 Å². The number of benzene rings is 1. The number of nitrogens with two attached hydrogens (primary N) is 1. The van der Waals surface area contributed by atoms with Gasteiger partial charge in [-0.3, -0.25) is 0 Å². The molecule has 4 aromatic rings. The molecular weight excluding hydrogens is 276 g/mol. The van der Waals surface area contributed by atoms with Crippen molar-refractivity contribution in [3.63, 3.8) is 0 Å². The van der Waals surface area contributed by atoms with Crippen molar-refractivity contribution in [2.75, 3.05) is 5.73 Å².